The van der Waals surface area contributed by atoms with Crippen molar-refractivity contribution in [3.05, 3.63) is 47.8 Å². The lowest BCUT2D eigenvalue weighted by Crippen LogP contribution is -1.73. The van der Waals surface area contributed by atoms with E-state index in [0.29, 0.717) is 0 Å². The van der Waals surface area contributed by atoms with Crippen LogP contribution in [0.25, 0.3) is 0 Å². The Labute approximate surface area is 86.5 Å². The molecule has 0 spiro atoms. The molecule has 2 rings (SSSR count). The molecule has 1 aliphatic carbocycles. The van der Waals surface area contributed by atoms with Gasteiger partial charge < -0.3 is 4.98 Å². The Bertz CT molecular complexity index is 291. The smallest absolute Gasteiger partial charge is 0.0144 e. The number of aromatic nitrogens is 1. The minimum Gasteiger partial charge on any atom is -0.365 e. The summed E-state index contributed by atoms with van der Waals surface area (Å²) in [6.45, 7) is 4.32. The molecule has 0 bridgehead atoms. The number of hydrogen-bond acceptors (Lipinski definition) is 0. The molecule has 76 valence electrons. The van der Waals surface area contributed by atoms with Crippen molar-refractivity contribution >= 4 is 0 Å². The summed E-state index contributed by atoms with van der Waals surface area (Å²) in [4.78, 5) is 3.09. The summed E-state index contributed by atoms with van der Waals surface area (Å²) in [5, 5.41) is 0. The molecule has 1 heteroatoms. The highest BCUT2D eigenvalue weighted by Gasteiger charge is 1.91. The molecule has 1 heterocycles. The first-order valence-corrected chi connectivity index (χ1v) is 5.33. The normalized spacial score (nSPS) is 13.4. The molecule has 14 heavy (non-hydrogen) atoms. The SMILES string of the molecule is CCC1=CC=CC1.CCc1ccc[nH]1. The van der Waals surface area contributed by atoms with Gasteiger partial charge in [-0.1, -0.05) is 37.6 Å². The molecule has 0 atom stereocenters. The zero-order chi connectivity index (χ0) is 10.2. The number of rotatable bonds is 2. The largest absolute Gasteiger partial charge is 0.365 e. The van der Waals surface area contributed by atoms with Crippen molar-refractivity contribution in [3.63, 3.8) is 0 Å². The van der Waals surface area contributed by atoms with E-state index in [1.807, 2.05) is 12.3 Å². The highest BCUT2D eigenvalue weighted by molar-refractivity contribution is 5.22. The summed E-state index contributed by atoms with van der Waals surface area (Å²) in [6, 6.07) is 4.10. The van der Waals surface area contributed by atoms with E-state index in [-0.39, 0.29) is 0 Å². The zero-order valence-electron chi connectivity index (χ0n) is 9.09. The lowest BCUT2D eigenvalue weighted by molar-refractivity contribution is 1.05. The molecule has 1 aliphatic rings. The van der Waals surface area contributed by atoms with Crippen LogP contribution in [0.1, 0.15) is 32.4 Å². The van der Waals surface area contributed by atoms with Crippen molar-refractivity contribution in [1.29, 1.82) is 0 Å². The molecule has 1 nitrogen and oxygen atoms in total. The molecule has 0 fully saturated rings. The van der Waals surface area contributed by atoms with Crippen molar-refractivity contribution in [2.24, 2.45) is 0 Å². The van der Waals surface area contributed by atoms with Gasteiger partial charge in [-0.25, -0.2) is 0 Å². The number of aromatic amines is 1. The Morgan fingerprint density at radius 3 is 2.43 bits per heavy atom. The average Bonchev–Trinajstić information content (AvgIpc) is 2.92. The number of nitrogens with one attached hydrogen (secondary N) is 1. The van der Waals surface area contributed by atoms with Crippen LogP contribution in [0.5, 0.6) is 0 Å². The molecule has 1 aromatic heterocycles. The summed E-state index contributed by atoms with van der Waals surface area (Å²) < 4.78 is 0. The van der Waals surface area contributed by atoms with Gasteiger partial charge in [0.2, 0.25) is 0 Å². The van der Waals surface area contributed by atoms with Crippen molar-refractivity contribution in [2.75, 3.05) is 0 Å². The minimum atomic E-state index is 1.10. The maximum absolute atomic E-state index is 3.09. The Morgan fingerprint density at radius 2 is 2.14 bits per heavy atom. The Balaban J connectivity index is 0.000000140. The Kier molecular flexibility index (Phi) is 4.84. The van der Waals surface area contributed by atoms with E-state index in [2.05, 4.69) is 43.1 Å². The van der Waals surface area contributed by atoms with Crippen molar-refractivity contribution in [1.82, 2.24) is 4.98 Å². The number of H-pyrrole nitrogens is 1. The third-order valence-corrected chi connectivity index (χ3v) is 2.35. The summed E-state index contributed by atoms with van der Waals surface area (Å²) in [5.41, 5.74) is 2.86. The van der Waals surface area contributed by atoms with Crippen molar-refractivity contribution in [2.45, 2.75) is 33.1 Å². The molecule has 0 saturated heterocycles. The topological polar surface area (TPSA) is 15.8 Å². The lowest BCUT2D eigenvalue weighted by atomic mass is 10.2. The highest BCUT2D eigenvalue weighted by Crippen LogP contribution is 2.12. The van der Waals surface area contributed by atoms with E-state index < -0.39 is 0 Å². The number of hydrogen-bond donors (Lipinski definition) is 1. The van der Waals surface area contributed by atoms with Gasteiger partial charge in [-0.2, -0.15) is 0 Å². The third kappa shape index (κ3) is 3.65. The van der Waals surface area contributed by atoms with Crippen LogP contribution in [0.2, 0.25) is 0 Å². The lowest BCUT2D eigenvalue weighted by Gasteiger charge is -1.88. The Morgan fingerprint density at radius 1 is 1.29 bits per heavy atom. The first kappa shape index (κ1) is 10.8. The van der Waals surface area contributed by atoms with E-state index in [9.17, 15) is 0 Å². The molecule has 0 amide bonds. The summed E-state index contributed by atoms with van der Waals surface area (Å²) in [6.07, 6.45) is 12.0. The molecule has 0 unspecified atom stereocenters. The van der Waals surface area contributed by atoms with Crippen LogP contribution in [0.15, 0.2) is 42.1 Å². The second kappa shape index (κ2) is 6.25. The highest BCUT2D eigenvalue weighted by atomic mass is 14.7. The van der Waals surface area contributed by atoms with Crippen LogP contribution >= 0.6 is 0 Å². The monoisotopic (exact) mass is 189 g/mol. The molecular formula is C13H19N. The predicted molar refractivity (Wildman–Crippen MR) is 62.3 cm³/mol. The van der Waals surface area contributed by atoms with E-state index >= 15 is 0 Å². The molecule has 0 aliphatic heterocycles. The molecule has 0 saturated carbocycles. The first-order valence-electron chi connectivity index (χ1n) is 5.33. The first-order chi connectivity index (χ1) is 6.86. The van der Waals surface area contributed by atoms with Gasteiger partial charge in [-0.05, 0) is 31.4 Å². The van der Waals surface area contributed by atoms with Crippen LogP contribution in [0.4, 0.5) is 0 Å². The summed E-state index contributed by atoms with van der Waals surface area (Å²) in [5.74, 6) is 0. The average molecular weight is 189 g/mol. The van der Waals surface area contributed by atoms with E-state index in [1.165, 1.54) is 18.5 Å². The van der Waals surface area contributed by atoms with Gasteiger partial charge >= 0.3 is 0 Å². The second-order valence-corrected chi connectivity index (χ2v) is 3.36. The maximum atomic E-state index is 3.09. The quantitative estimate of drug-likeness (QED) is 0.727. The van der Waals surface area contributed by atoms with E-state index in [0.717, 1.165) is 6.42 Å². The summed E-state index contributed by atoms with van der Waals surface area (Å²) in [7, 11) is 0. The van der Waals surface area contributed by atoms with E-state index in [1.54, 1.807) is 5.57 Å². The van der Waals surface area contributed by atoms with E-state index in [4.69, 9.17) is 0 Å². The Hall–Kier alpha value is -1.24. The van der Waals surface area contributed by atoms with Gasteiger partial charge in [0.05, 0.1) is 0 Å². The van der Waals surface area contributed by atoms with Gasteiger partial charge in [0, 0.05) is 11.9 Å². The van der Waals surface area contributed by atoms with Crippen LogP contribution in [-0.4, -0.2) is 4.98 Å². The summed E-state index contributed by atoms with van der Waals surface area (Å²) >= 11 is 0. The van der Waals surface area contributed by atoms with Crippen molar-refractivity contribution < 1.29 is 0 Å². The number of aryl methyl sites for hydroxylation is 1. The predicted octanol–water partition coefficient (Wildman–Crippen LogP) is 3.86. The molecule has 1 aromatic rings. The fourth-order valence-corrected chi connectivity index (χ4v) is 1.34. The fourth-order valence-electron chi connectivity index (χ4n) is 1.34. The van der Waals surface area contributed by atoms with Crippen LogP contribution < -0.4 is 0 Å². The maximum Gasteiger partial charge on any atom is 0.0144 e. The second-order valence-electron chi connectivity index (χ2n) is 3.36. The molecule has 1 N–H and O–H groups in total. The number of allylic oxidation sites excluding steroid dienone is 4. The van der Waals surface area contributed by atoms with Gasteiger partial charge in [-0.3, -0.25) is 0 Å². The minimum absolute atomic E-state index is 1.10. The molecule has 0 aromatic carbocycles. The van der Waals surface area contributed by atoms with Gasteiger partial charge in [0.25, 0.3) is 0 Å². The molecular weight excluding hydrogens is 170 g/mol. The van der Waals surface area contributed by atoms with Gasteiger partial charge in [0.1, 0.15) is 0 Å². The zero-order valence-corrected chi connectivity index (χ0v) is 9.09. The molecule has 0 radical (unpaired) electrons. The standard InChI is InChI=1S/C7H10.C6H9N/c1-2-7-5-3-4-6-7;1-2-6-4-3-5-7-6/h3-5H,2,6H2,1H3;3-5,7H,2H2,1H3. The van der Waals surface area contributed by atoms with Gasteiger partial charge in [0.15, 0.2) is 0 Å². The van der Waals surface area contributed by atoms with Crippen LogP contribution in [0.3, 0.4) is 0 Å². The van der Waals surface area contributed by atoms with Crippen LogP contribution in [-0.2, 0) is 6.42 Å². The third-order valence-electron chi connectivity index (χ3n) is 2.35. The van der Waals surface area contributed by atoms with Crippen LogP contribution in [0, 0.1) is 0 Å². The van der Waals surface area contributed by atoms with Gasteiger partial charge in [-0.15, -0.1) is 0 Å². The fraction of sp³-hybridized carbons (Fsp3) is 0.385. The van der Waals surface area contributed by atoms with Crippen molar-refractivity contribution in [3.8, 4) is 0 Å².